The number of fused-ring (bicyclic) bond motifs is 2. The molecular formula is C29H37BrClN3O9. The Hall–Kier alpha value is -2.62. The second-order valence-electron chi connectivity index (χ2n) is 9.07. The minimum atomic E-state index is -0.563. The zero-order valence-corrected chi connectivity index (χ0v) is 26.8. The van der Waals surface area contributed by atoms with Crippen LogP contribution in [0.3, 0.4) is 0 Å². The molecule has 12 nitrogen and oxygen atoms in total. The number of anilines is 2. The van der Waals surface area contributed by atoms with Crippen LogP contribution in [0.4, 0.5) is 11.5 Å². The number of halogens is 2. The van der Waals surface area contributed by atoms with Crippen molar-refractivity contribution >= 4 is 55.7 Å². The van der Waals surface area contributed by atoms with Gasteiger partial charge in [-0.3, -0.25) is 4.79 Å². The fraction of sp³-hybridized carbons (Fsp3) is 0.483. The van der Waals surface area contributed by atoms with Crippen LogP contribution < -0.4 is 14.8 Å². The summed E-state index contributed by atoms with van der Waals surface area (Å²) in [6.45, 7) is 7.32. The molecule has 2 fully saturated rings. The number of methoxy groups -OCH3 is 1. The molecule has 0 unspecified atom stereocenters. The third-order valence-electron chi connectivity index (χ3n) is 6.12. The first-order valence-corrected chi connectivity index (χ1v) is 14.9. The molecule has 0 aliphatic carbocycles. The van der Waals surface area contributed by atoms with Gasteiger partial charge in [0.15, 0.2) is 29.7 Å². The van der Waals surface area contributed by atoms with E-state index >= 15 is 0 Å². The molecule has 236 valence electrons. The molecule has 3 heterocycles. The molecule has 2 aliphatic heterocycles. The molecule has 2 saturated heterocycles. The van der Waals surface area contributed by atoms with E-state index in [-0.39, 0.29) is 38.5 Å². The molecule has 43 heavy (non-hydrogen) atoms. The molecule has 2 aliphatic rings. The molecule has 0 spiro atoms. The van der Waals surface area contributed by atoms with Gasteiger partial charge in [-0.25, -0.2) is 9.97 Å². The number of benzene rings is 2. The number of carbonyl (C=O) groups excluding carboxylic acids is 1. The Morgan fingerprint density at radius 3 is 2.44 bits per heavy atom. The van der Waals surface area contributed by atoms with Crippen LogP contribution in [0.5, 0.6) is 11.5 Å². The van der Waals surface area contributed by atoms with Gasteiger partial charge in [-0.1, -0.05) is 11.6 Å². The molecule has 3 N–H and O–H groups in total. The van der Waals surface area contributed by atoms with Crippen molar-refractivity contribution in [3.05, 3.63) is 46.2 Å². The van der Waals surface area contributed by atoms with E-state index in [1.54, 1.807) is 25.3 Å². The summed E-state index contributed by atoms with van der Waals surface area (Å²) in [7, 11) is 1.56. The van der Waals surface area contributed by atoms with Gasteiger partial charge in [-0.2, -0.15) is 0 Å². The van der Waals surface area contributed by atoms with Crippen molar-refractivity contribution in [3.63, 3.8) is 0 Å². The third-order valence-corrected chi connectivity index (χ3v) is 7.36. The van der Waals surface area contributed by atoms with E-state index in [1.807, 2.05) is 32.9 Å². The highest BCUT2D eigenvalue weighted by molar-refractivity contribution is 9.10. The Morgan fingerprint density at radius 2 is 1.81 bits per heavy atom. The number of aromatic nitrogens is 2. The highest BCUT2D eigenvalue weighted by Gasteiger charge is 2.48. The Bertz CT molecular complexity index is 1330. The summed E-state index contributed by atoms with van der Waals surface area (Å²) < 4.78 is 33.7. The molecule has 2 aromatic carbocycles. The van der Waals surface area contributed by atoms with E-state index < -0.39 is 18.3 Å². The van der Waals surface area contributed by atoms with Gasteiger partial charge in [0.25, 0.3) is 0 Å². The van der Waals surface area contributed by atoms with Crippen LogP contribution in [-0.4, -0.2) is 97.3 Å². The van der Waals surface area contributed by atoms with E-state index in [0.717, 1.165) is 28.8 Å². The number of hydrogen-bond acceptors (Lipinski definition) is 12. The summed E-state index contributed by atoms with van der Waals surface area (Å²) in [5.74, 6) is 1.54. The molecule has 0 bridgehead atoms. The highest BCUT2D eigenvalue weighted by atomic mass is 79.9. The monoisotopic (exact) mass is 685 g/mol. The minimum absolute atomic E-state index is 0.0370. The number of aliphatic hydroxyl groups is 2. The Morgan fingerprint density at radius 1 is 1.09 bits per heavy atom. The lowest BCUT2D eigenvalue weighted by Gasteiger charge is -2.20. The summed E-state index contributed by atoms with van der Waals surface area (Å²) in [4.78, 5) is 20.5. The second-order valence-corrected chi connectivity index (χ2v) is 10.3. The number of rotatable bonds is 10. The van der Waals surface area contributed by atoms with Crippen molar-refractivity contribution in [1.29, 1.82) is 0 Å². The van der Waals surface area contributed by atoms with Crippen molar-refractivity contribution in [2.45, 2.75) is 45.4 Å². The summed E-state index contributed by atoms with van der Waals surface area (Å²) in [5, 5.41) is 19.8. The molecule has 1 aromatic heterocycles. The van der Waals surface area contributed by atoms with Crippen molar-refractivity contribution < 1.29 is 43.4 Å². The summed E-state index contributed by atoms with van der Waals surface area (Å²) in [6.07, 6.45) is 0.0385. The van der Waals surface area contributed by atoms with Gasteiger partial charge in [0.05, 0.1) is 37.5 Å². The van der Waals surface area contributed by atoms with Crippen molar-refractivity contribution in [1.82, 2.24) is 9.97 Å². The lowest BCUT2D eigenvalue weighted by molar-refractivity contribution is -0.125. The average Bonchev–Trinajstić information content (AvgIpc) is 3.58. The number of Topliss-reactive ketones (excluding diaryl/α,β-unsaturated/α-hetero) is 1. The topological polar surface area (TPSA) is 151 Å². The van der Waals surface area contributed by atoms with E-state index in [1.165, 1.54) is 6.33 Å². The van der Waals surface area contributed by atoms with E-state index in [2.05, 4.69) is 31.2 Å². The van der Waals surface area contributed by atoms with Gasteiger partial charge in [-0.05, 0) is 61.0 Å². The SMILES string of the molecule is CCOC(C)OCC.COc1cc2c(Nc3ccc(Br)c(Cl)c3)ncnc2cc1O[C@@H]1CO[C@H]2C(=O)CO[C@@H]12.OCCO. The lowest BCUT2D eigenvalue weighted by atomic mass is 10.1. The maximum Gasteiger partial charge on any atom is 0.189 e. The van der Waals surface area contributed by atoms with Crippen LogP contribution in [0.25, 0.3) is 10.9 Å². The number of ketones is 1. The van der Waals surface area contributed by atoms with Gasteiger partial charge in [0.2, 0.25) is 0 Å². The third kappa shape index (κ3) is 9.68. The zero-order chi connectivity index (χ0) is 31.4. The van der Waals surface area contributed by atoms with E-state index in [4.69, 9.17) is 50.2 Å². The number of nitrogens with zero attached hydrogens (tertiary/aromatic N) is 2. The predicted molar refractivity (Wildman–Crippen MR) is 164 cm³/mol. The van der Waals surface area contributed by atoms with Gasteiger partial charge in [0.1, 0.15) is 31.0 Å². The van der Waals surface area contributed by atoms with Gasteiger partial charge < -0.3 is 44.0 Å². The summed E-state index contributed by atoms with van der Waals surface area (Å²) in [5.41, 5.74) is 1.44. The van der Waals surface area contributed by atoms with Crippen LogP contribution >= 0.6 is 27.5 Å². The van der Waals surface area contributed by atoms with Gasteiger partial charge in [-0.15, -0.1) is 0 Å². The van der Waals surface area contributed by atoms with Crippen LogP contribution in [-0.2, 0) is 23.7 Å². The molecule has 0 saturated carbocycles. The standard InChI is InChI=1S/C21H17BrClN3O5.C6H14O2.C2H6O2/c1-28-16-5-11-14(6-17(16)31-18-8-30-19-15(27)7-29-20(18)19)24-9-25-21(11)26-10-2-3-12(22)13(23)4-10;1-4-7-6(3)8-5-2;3-1-2-4/h2-6,9,18-20H,7-8H2,1H3,(H,24,25,26);6H,4-5H2,1-3H3;3-4H,1-2H2/t18-,19+,20+;;/m1../s1. The van der Waals surface area contributed by atoms with Crippen LogP contribution in [0.2, 0.25) is 5.02 Å². The van der Waals surface area contributed by atoms with Crippen LogP contribution in [0, 0.1) is 0 Å². The highest BCUT2D eigenvalue weighted by Crippen LogP contribution is 2.37. The number of aliphatic hydroxyl groups excluding tert-OH is 2. The molecular weight excluding hydrogens is 650 g/mol. The molecule has 5 rings (SSSR count). The number of ether oxygens (including phenoxy) is 6. The number of nitrogens with one attached hydrogen (secondary N) is 1. The number of carbonyl (C=O) groups is 1. The van der Waals surface area contributed by atoms with Crippen LogP contribution in [0.1, 0.15) is 20.8 Å². The zero-order valence-electron chi connectivity index (χ0n) is 24.4. The smallest absolute Gasteiger partial charge is 0.189 e. The quantitative estimate of drug-likeness (QED) is 0.261. The Kier molecular flexibility index (Phi) is 14.3. The van der Waals surface area contributed by atoms with Crippen molar-refractivity contribution in [2.75, 3.05) is 52.1 Å². The second kappa shape index (κ2) is 17.6. The van der Waals surface area contributed by atoms with Gasteiger partial charge >= 0.3 is 0 Å². The van der Waals surface area contributed by atoms with Crippen molar-refractivity contribution in [3.8, 4) is 11.5 Å². The van der Waals surface area contributed by atoms with Gasteiger partial charge in [0, 0.05) is 34.8 Å². The molecule has 14 heteroatoms. The Labute approximate surface area is 263 Å². The average molecular weight is 687 g/mol. The predicted octanol–water partition coefficient (Wildman–Crippen LogP) is 4.29. The first kappa shape index (κ1) is 34.9. The fourth-order valence-electron chi connectivity index (χ4n) is 4.22. The molecule has 0 radical (unpaired) electrons. The van der Waals surface area contributed by atoms with E-state index in [9.17, 15) is 4.79 Å². The Balaban J connectivity index is 0.000000359. The molecule has 0 amide bonds. The first-order chi connectivity index (χ1) is 20.8. The summed E-state index contributed by atoms with van der Waals surface area (Å²) in [6, 6.07) is 9.13. The maximum absolute atomic E-state index is 11.8. The first-order valence-electron chi connectivity index (χ1n) is 13.7. The largest absolute Gasteiger partial charge is 0.493 e. The lowest BCUT2D eigenvalue weighted by Crippen LogP contribution is -2.33. The number of hydrogen-bond donors (Lipinski definition) is 3. The van der Waals surface area contributed by atoms with E-state index in [0.29, 0.717) is 27.9 Å². The minimum Gasteiger partial charge on any atom is -0.493 e. The normalized spacial score (nSPS) is 18.9. The van der Waals surface area contributed by atoms with Crippen molar-refractivity contribution in [2.24, 2.45) is 0 Å². The molecule has 3 aromatic rings. The molecule has 3 atom stereocenters. The fourth-order valence-corrected chi connectivity index (χ4v) is 4.65. The maximum atomic E-state index is 11.8. The summed E-state index contributed by atoms with van der Waals surface area (Å²) >= 11 is 9.58. The van der Waals surface area contributed by atoms with Crippen LogP contribution in [0.15, 0.2) is 41.1 Å².